The molecule has 30 heavy (non-hydrogen) atoms. The summed E-state index contributed by atoms with van der Waals surface area (Å²) in [4.78, 5) is 34.1. The zero-order valence-corrected chi connectivity index (χ0v) is 17.7. The summed E-state index contributed by atoms with van der Waals surface area (Å²) < 4.78 is 6.51. The van der Waals surface area contributed by atoms with E-state index < -0.39 is 5.63 Å². The number of hydrogen-bond donors (Lipinski definition) is 0. The number of carbonyl (C=O) groups is 1. The molecule has 0 radical (unpaired) electrons. The molecule has 6 nitrogen and oxygen atoms in total. The molecule has 1 saturated heterocycles. The maximum absolute atomic E-state index is 13.0. The van der Waals surface area contributed by atoms with Gasteiger partial charge in [0.25, 0.3) is 5.91 Å². The molecular weight excluding hydrogens is 398 g/mol. The summed E-state index contributed by atoms with van der Waals surface area (Å²) in [7, 11) is 0. The maximum atomic E-state index is 13.0. The van der Waals surface area contributed by atoms with Crippen molar-refractivity contribution in [1.29, 1.82) is 0 Å². The van der Waals surface area contributed by atoms with Gasteiger partial charge >= 0.3 is 5.63 Å². The highest BCUT2D eigenvalue weighted by molar-refractivity contribution is 7.22. The molecule has 5 rings (SSSR count). The van der Waals surface area contributed by atoms with Crippen molar-refractivity contribution in [3.05, 3.63) is 69.6 Å². The number of benzene rings is 2. The van der Waals surface area contributed by atoms with Gasteiger partial charge in [0.15, 0.2) is 5.13 Å². The van der Waals surface area contributed by atoms with E-state index in [0.29, 0.717) is 31.8 Å². The van der Waals surface area contributed by atoms with Crippen molar-refractivity contribution in [2.45, 2.75) is 13.8 Å². The maximum Gasteiger partial charge on any atom is 0.349 e. The standard InChI is InChI=1S/C23H21N3O3S/c1-14-7-8-19-20(15(14)2)24-23(30-19)26-11-9-25(10-12-26)21(27)17-13-16-5-3-4-6-18(16)29-22(17)28/h3-8,13H,9-12H2,1-2H3. The molecule has 3 heterocycles. The fourth-order valence-corrected chi connectivity index (χ4v) is 4.91. The second kappa shape index (κ2) is 7.25. The number of rotatable bonds is 2. The first-order chi connectivity index (χ1) is 14.5. The van der Waals surface area contributed by atoms with Crippen molar-refractivity contribution in [1.82, 2.24) is 9.88 Å². The molecule has 152 valence electrons. The van der Waals surface area contributed by atoms with Crippen molar-refractivity contribution < 1.29 is 9.21 Å². The second-order valence-electron chi connectivity index (χ2n) is 7.62. The van der Waals surface area contributed by atoms with Gasteiger partial charge in [0.05, 0.1) is 10.2 Å². The Labute approximate surface area is 177 Å². The van der Waals surface area contributed by atoms with Crippen LogP contribution in [0.5, 0.6) is 0 Å². The number of aryl methyl sites for hydroxylation is 2. The van der Waals surface area contributed by atoms with Crippen LogP contribution in [0.2, 0.25) is 0 Å². The van der Waals surface area contributed by atoms with E-state index in [9.17, 15) is 9.59 Å². The lowest BCUT2D eigenvalue weighted by Crippen LogP contribution is -2.49. The lowest BCUT2D eigenvalue weighted by molar-refractivity contribution is 0.0742. The van der Waals surface area contributed by atoms with Crippen molar-refractivity contribution in [3.63, 3.8) is 0 Å². The molecule has 7 heteroatoms. The minimum atomic E-state index is -0.585. The Bertz CT molecular complexity index is 1330. The number of carbonyl (C=O) groups excluding carboxylic acids is 1. The lowest BCUT2D eigenvalue weighted by Gasteiger charge is -2.34. The number of piperazine rings is 1. The molecule has 0 spiro atoms. The molecule has 1 aliphatic rings. The molecule has 1 aliphatic heterocycles. The van der Waals surface area contributed by atoms with Crippen LogP contribution in [0.25, 0.3) is 21.2 Å². The smallest absolute Gasteiger partial charge is 0.349 e. The second-order valence-corrected chi connectivity index (χ2v) is 8.62. The number of fused-ring (bicyclic) bond motifs is 2. The van der Waals surface area contributed by atoms with E-state index >= 15 is 0 Å². The van der Waals surface area contributed by atoms with E-state index in [1.807, 2.05) is 12.1 Å². The van der Waals surface area contributed by atoms with E-state index in [4.69, 9.17) is 9.40 Å². The van der Waals surface area contributed by atoms with Gasteiger partial charge in [0, 0.05) is 31.6 Å². The average Bonchev–Trinajstić information content (AvgIpc) is 3.21. The van der Waals surface area contributed by atoms with Crippen LogP contribution in [0.15, 0.2) is 51.7 Å². The van der Waals surface area contributed by atoms with Crippen molar-refractivity contribution >= 4 is 43.6 Å². The summed E-state index contributed by atoms with van der Waals surface area (Å²) in [5.41, 5.74) is 3.51. The van der Waals surface area contributed by atoms with E-state index in [-0.39, 0.29) is 11.5 Å². The minimum absolute atomic E-state index is 0.0910. The average molecular weight is 420 g/mol. The van der Waals surface area contributed by atoms with Crippen LogP contribution in [0.3, 0.4) is 0 Å². The van der Waals surface area contributed by atoms with E-state index in [0.717, 1.165) is 16.0 Å². The monoisotopic (exact) mass is 419 g/mol. The van der Waals surface area contributed by atoms with Crippen LogP contribution in [-0.4, -0.2) is 42.0 Å². The molecule has 1 amide bonds. The number of nitrogens with zero attached hydrogens (tertiary/aromatic N) is 3. The predicted molar refractivity (Wildman–Crippen MR) is 120 cm³/mol. The van der Waals surface area contributed by atoms with Crippen LogP contribution in [0.4, 0.5) is 5.13 Å². The molecule has 0 bridgehead atoms. The minimum Gasteiger partial charge on any atom is -0.422 e. The molecule has 2 aromatic heterocycles. The van der Waals surface area contributed by atoms with Crippen LogP contribution in [-0.2, 0) is 0 Å². The molecule has 0 atom stereocenters. The van der Waals surface area contributed by atoms with Gasteiger partial charge in [-0.2, -0.15) is 0 Å². The Morgan fingerprint density at radius 2 is 1.83 bits per heavy atom. The summed E-state index contributed by atoms with van der Waals surface area (Å²) in [5.74, 6) is -0.273. The Kier molecular flexibility index (Phi) is 4.55. The van der Waals surface area contributed by atoms with Gasteiger partial charge in [0.2, 0.25) is 0 Å². The molecule has 0 unspecified atom stereocenters. The van der Waals surface area contributed by atoms with Crippen LogP contribution >= 0.6 is 11.3 Å². The molecule has 2 aromatic carbocycles. The number of para-hydroxylation sites is 1. The fraction of sp³-hybridized carbons (Fsp3) is 0.261. The van der Waals surface area contributed by atoms with Gasteiger partial charge in [-0.3, -0.25) is 4.79 Å². The van der Waals surface area contributed by atoms with E-state index in [1.165, 1.54) is 15.8 Å². The van der Waals surface area contributed by atoms with E-state index in [2.05, 4.69) is 30.9 Å². The summed E-state index contributed by atoms with van der Waals surface area (Å²) in [5, 5.41) is 1.73. The van der Waals surface area contributed by atoms with Crippen molar-refractivity contribution in [3.8, 4) is 0 Å². The first-order valence-electron chi connectivity index (χ1n) is 9.95. The van der Waals surface area contributed by atoms with Gasteiger partial charge in [-0.25, -0.2) is 9.78 Å². The zero-order valence-electron chi connectivity index (χ0n) is 16.8. The third-order valence-corrected chi connectivity index (χ3v) is 6.86. The number of anilines is 1. The highest BCUT2D eigenvalue weighted by Crippen LogP contribution is 2.32. The molecule has 1 fully saturated rings. The molecule has 0 saturated carbocycles. The van der Waals surface area contributed by atoms with Gasteiger partial charge in [-0.15, -0.1) is 0 Å². The number of thiazole rings is 1. The largest absolute Gasteiger partial charge is 0.422 e. The topological polar surface area (TPSA) is 66.7 Å². The fourth-order valence-electron chi connectivity index (χ4n) is 3.83. The predicted octanol–water partition coefficient (Wildman–Crippen LogP) is 3.98. The molecular formula is C23H21N3O3S. The van der Waals surface area contributed by atoms with Crippen molar-refractivity contribution in [2.24, 2.45) is 0 Å². The molecule has 4 aromatic rings. The first kappa shape index (κ1) is 18.8. The summed E-state index contributed by atoms with van der Waals surface area (Å²) >= 11 is 1.68. The number of hydrogen-bond acceptors (Lipinski definition) is 6. The quantitative estimate of drug-likeness (QED) is 0.460. The Morgan fingerprint density at radius 3 is 2.63 bits per heavy atom. The zero-order chi connectivity index (χ0) is 20.8. The lowest BCUT2D eigenvalue weighted by atomic mass is 10.1. The van der Waals surface area contributed by atoms with Crippen molar-refractivity contribution in [2.75, 3.05) is 31.1 Å². The van der Waals surface area contributed by atoms with Crippen LogP contribution in [0.1, 0.15) is 21.5 Å². The normalized spacial score (nSPS) is 14.6. The third-order valence-electron chi connectivity index (χ3n) is 5.78. The molecule has 0 aliphatic carbocycles. The van der Waals surface area contributed by atoms with Gasteiger partial charge in [-0.05, 0) is 43.2 Å². The van der Waals surface area contributed by atoms with Gasteiger partial charge in [0.1, 0.15) is 11.1 Å². The summed E-state index contributed by atoms with van der Waals surface area (Å²) in [6.45, 7) is 6.65. The van der Waals surface area contributed by atoms with Crippen LogP contribution in [0, 0.1) is 13.8 Å². The highest BCUT2D eigenvalue weighted by atomic mass is 32.1. The number of aromatic nitrogens is 1. The Morgan fingerprint density at radius 1 is 1.07 bits per heavy atom. The Balaban J connectivity index is 1.35. The Hall–Kier alpha value is -3.19. The third kappa shape index (κ3) is 3.15. The van der Waals surface area contributed by atoms with Gasteiger partial charge < -0.3 is 14.2 Å². The van der Waals surface area contributed by atoms with Crippen LogP contribution < -0.4 is 10.5 Å². The SMILES string of the molecule is Cc1ccc2sc(N3CCN(C(=O)c4cc5ccccc5oc4=O)CC3)nc2c1C. The highest BCUT2D eigenvalue weighted by Gasteiger charge is 2.26. The molecule has 0 N–H and O–H groups in total. The van der Waals surface area contributed by atoms with Gasteiger partial charge in [-0.1, -0.05) is 35.6 Å². The first-order valence-corrected chi connectivity index (χ1v) is 10.8. The number of amides is 1. The van der Waals surface area contributed by atoms with E-state index in [1.54, 1.807) is 34.4 Å². The summed E-state index contributed by atoms with van der Waals surface area (Å²) in [6, 6.07) is 13.1. The summed E-state index contributed by atoms with van der Waals surface area (Å²) in [6.07, 6.45) is 0.